The smallest absolute Gasteiger partial charge is 0.122 e. The van der Waals surface area contributed by atoms with E-state index in [0.717, 1.165) is 24.7 Å². The summed E-state index contributed by atoms with van der Waals surface area (Å²) in [5, 5.41) is 3.43. The van der Waals surface area contributed by atoms with Gasteiger partial charge in [0, 0.05) is 12.5 Å². The van der Waals surface area contributed by atoms with Gasteiger partial charge in [-0.3, -0.25) is 0 Å². The molecule has 15 heavy (non-hydrogen) atoms. The summed E-state index contributed by atoms with van der Waals surface area (Å²) in [7, 11) is 2.06. The van der Waals surface area contributed by atoms with Crippen LogP contribution < -0.4 is 10.1 Å². The van der Waals surface area contributed by atoms with Gasteiger partial charge in [-0.15, -0.1) is 0 Å². The minimum absolute atomic E-state index is 0.552. The average molecular weight is 203 g/mol. The molecule has 1 saturated carbocycles. The molecule has 1 aromatic rings. The van der Waals surface area contributed by atoms with E-state index in [9.17, 15) is 0 Å². The average Bonchev–Trinajstić information content (AvgIpc) is 2.97. The molecule has 3 rings (SSSR count). The van der Waals surface area contributed by atoms with E-state index in [1.54, 1.807) is 0 Å². The van der Waals surface area contributed by atoms with Crippen LogP contribution in [0.3, 0.4) is 0 Å². The van der Waals surface area contributed by atoms with Crippen LogP contribution >= 0.6 is 0 Å². The van der Waals surface area contributed by atoms with E-state index in [0.29, 0.717) is 6.04 Å². The summed E-state index contributed by atoms with van der Waals surface area (Å²) in [6.07, 6.45) is 3.82. The van der Waals surface area contributed by atoms with Crippen molar-refractivity contribution < 1.29 is 4.74 Å². The van der Waals surface area contributed by atoms with Gasteiger partial charge in [0.05, 0.1) is 6.61 Å². The first-order chi connectivity index (χ1) is 7.38. The van der Waals surface area contributed by atoms with Crippen LogP contribution in [-0.2, 0) is 6.42 Å². The molecule has 0 spiro atoms. The fourth-order valence-corrected chi connectivity index (χ4v) is 2.50. The Labute approximate surface area is 90.6 Å². The highest BCUT2D eigenvalue weighted by molar-refractivity contribution is 5.41. The molecule has 1 heterocycles. The van der Waals surface area contributed by atoms with Gasteiger partial charge in [-0.05, 0) is 43.0 Å². The van der Waals surface area contributed by atoms with Gasteiger partial charge in [0.1, 0.15) is 5.75 Å². The van der Waals surface area contributed by atoms with Gasteiger partial charge in [0.25, 0.3) is 0 Å². The van der Waals surface area contributed by atoms with Gasteiger partial charge >= 0.3 is 0 Å². The molecule has 1 unspecified atom stereocenters. The summed E-state index contributed by atoms with van der Waals surface area (Å²) in [5.74, 6) is 1.94. The molecule has 2 heteroatoms. The minimum Gasteiger partial charge on any atom is -0.493 e. The molecule has 0 amide bonds. The highest BCUT2D eigenvalue weighted by Crippen LogP contribution is 2.41. The molecule has 1 N–H and O–H groups in total. The predicted octanol–water partition coefficient (Wildman–Crippen LogP) is 2.29. The molecule has 0 aromatic heterocycles. The lowest BCUT2D eigenvalue weighted by molar-refractivity contribution is 0.356. The zero-order valence-corrected chi connectivity index (χ0v) is 9.12. The Hall–Kier alpha value is -1.02. The molecular weight excluding hydrogens is 186 g/mol. The summed E-state index contributed by atoms with van der Waals surface area (Å²) >= 11 is 0. The number of hydrogen-bond donors (Lipinski definition) is 1. The van der Waals surface area contributed by atoms with Crippen LogP contribution in [-0.4, -0.2) is 13.7 Å². The van der Waals surface area contributed by atoms with Crippen LogP contribution in [0.15, 0.2) is 18.2 Å². The van der Waals surface area contributed by atoms with E-state index in [-0.39, 0.29) is 0 Å². The fourth-order valence-electron chi connectivity index (χ4n) is 2.50. The second kappa shape index (κ2) is 3.53. The number of benzene rings is 1. The summed E-state index contributed by atoms with van der Waals surface area (Å²) in [6, 6.07) is 7.21. The number of rotatable bonds is 3. The van der Waals surface area contributed by atoms with Crippen LogP contribution in [0.25, 0.3) is 0 Å². The highest BCUT2D eigenvalue weighted by atomic mass is 16.5. The number of hydrogen-bond acceptors (Lipinski definition) is 2. The third-order valence-corrected chi connectivity index (χ3v) is 3.48. The van der Waals surface area contributed by atoms with E-state index in [1.165, 1.54) is 24.0 Å². The van der Waals surface area contributed by atoms with Crippen LogP contribution in [0.1, 0.15) is 30.0 Å². The monoisotopic (exact) mass is 203 g/mol. The van der Waals surface area contributed by atoms with Crippen LogP contribution in [0.5, 0.6) is 5.75 Å². The van der Waals surface area contributed by atoms with Crippen molar-refractivity contribution in [3.63, 3.8) is 0 Å². The first-order valence-corrected chi connectivity index (χ1v) is 5.81. The van der Waals surface area contributed by atoms with Crippen molar-refractivity contribution in [1.82, 2.24) is 5.32 Å². The fraction of sp³-hybridized carbons (Fsp3) is 0.538. The number of ether oxygens (including phenoxy) is 1. The first-order valence-electron chi connectivity index (χ1n) is 5.81. The molecule has 1 atom stereocenters. The van der Waals surface area contributed by atoms with Gasteiger partial charge in [-0.25, -0.2) is 0 Å². The van der Waals surface area contributed by atoms with E-state index < -0.39 is 0 Å². The van der Waals surface area contributed by atoms with Gasteiger partial charge in [-0.2, -0.15) is 0 Å². The zero-order valence-electron chi connectivity index (χ0n) is 9.12. The molecule has 1 fully saturated rings. The maximum Gasteiger partial charge on any atom is 0.122 e. The van der Waals surface area contributed by atoms with Crippen molar-refractivity contribution in [3.05, 3.63) is 29.3 Å². The zero-order chi connectivity index (χ0) is 10.3. The van der Waals surface area contributed by atoms with Crippen LogP contribution in [0.4, 0.5) is 0 Å². The van der Waals surface area contributed by atoms with Gasteiger partial charge in [0.2, 0.25) is 0 Å². The van der Waals surface area contributed by atoms with Crippen molar-refractivity contribution in [1.29, 1.82) is 0 Å². The first kappa shape index (κ1) is 9.22. The van der Waals surface area contributed by atoms with E-state index in [1.807, 2.05) is 0 Å². The highest BCUT2D eigenvalue weighted by Gasteiger charge is 2.31. The topological polar surface area (TPSA) is 21.3 Å². The quantitative estimate of drug-likeness (QED) is 0.813. The van der Waals surface area contributed by atoms with E-state index >= 15 is 0 Å². The lowest BCUT2D eigenvalue weighted by Gasteiger charge is -2.16. The molecule has 1 aliphatic heterocycles. The van der Waals surface area contributed by atoms with Crippen molar-refractivity contribution in [2.24, 2.45) is 5.92 Å². The Morgan fingerprint density at radius 3 is 3.00 bits per heavy atom. The maximum atomic E-state index is 5.52. The molecule has 0 bridgehead atoms. The summed E-state index contributed by atoms with van der Waals surface area (Å²) in [4.78, 5) is 0. The van der Waals surface area contributed by atoms with Gasteiger partial charge in [0.15, 0.2) is 0 Å². The van der Waals surface area contributed by atoms with E-state index in [2.05, 4.69) is 30.6 Å². The maximum absolute atomic E-state index is 5.52. The molecule has 2 nitrogen and oxygen atoms in total. The Balaban J connectivity index is 1.90. The second-order valence-corrected chi connectivity index (χ2v) is 4.57. The van der Waals surface area contributed by atoms with Crippen molar-refractivity contribution in [2.45, 2.75) is 25.3 Å². The summed E-state index contributed by atoms with van der Waals surface area (Å²) < 4.78 is 5.52. The van der Waals surface area contributed by atoms with Gasteiger partial charge < -0.3 is 10.1 Å². The Morgan fingerprint density at radius 2 is 2.27 bits per heavy atom. The SMILES string of the molecule is CNC(c1ccc2c(c1)CCO2)C1CC1. The second-order valence-electron chi connectivity index (χ2n) is 4.57. The van der Waals surface area contributed by atoms with Crippen LogP contribution in [0.2, 0.25) is 0 Å². The largest absolute Gasteiger partial charge is 0.493 e. The number of fused-ring (bicyclic) bond motifs is 1. The molecule has 0 saturated heterocycles. The molecule has 0 radical (unpaired) electrons. The Bertz CT molecular complexity index is 371. The molecular formula is C13H17NO. The third-order valence-electron chi connectivity index (χ3n) is 3.48. The van der Waals surface area contributed by atoms with Crippen molar-refractivity contribution in [3.8, 4) is 5.75 Å². The lowest BCUT2D eigenvalue weighted by Crippen LogP contribution is -2.18. The molecule has 1 aliphatic carbocycles. The molecule has 1 aromatic carbocycles. The lowest BCUT2D eigenvalue weighted by atomic mass is 9.99. The van der Waals surface area contributed by atoms with E-state index in [4.69, 9.17) is 4.74 Å². The molecule has 2 aliphatic rings. The third kappa shape index (κ3) is 1.63. The van der Waals surface area contributed by atoms with Crippen molar-refractivity contribution >= 4 is 0 Å². The minimum atomic E-state index is 0.552. The summed E-state index contributed by atoms with van der Waals surface area (Å²) in [6.45, 7) is 0.854. The number of nitrogens with one attached hydrogen (secondary N) is 1. The standard InChI is InChI=1S/C13H17NO/c1-14-13(9-2-3-9)11-4-5-12-10(8-11)6-7-15-12/h4-5,8-9,13-14H,2-3,6-7H2,1H3. The Morgan fingerprint density at radius 1 is 1.40 bits per heavy atom. The predicted molar refractivity (Wildman–Crippen MR) is 60.2 cm³/mol. The van der Waals surface area contributed by atoms with Crippen LogP contribution in [0, 0.1) is 5.92 Å². The van der Waals surface area contributed by atoms with Gasteiger partial charge in [-0.1, -0.05) is 12.1 Å². The Kier molecular flexibility index (Phi) is 2.17. The van der Waals surface area contributed by atoms with Crippen molar-refractivity contribution in [2.75, 3.05) is 13.7 Å². The molecule has 80 valence electrons. The summed E-state index contributed by atoms with van der Waals surface area (Å²) in [5.41, 5.74) is 2.82. The normalized spacial score (nSPS) is 20.9.